The van der Waals surface area contributed by atoms with Crippen molar-refractivity contribution in [3.05, 3.63) is 73.1 Å². The largest absolute Gasteiger partial charge is 0.457 e. The molecule has 0 bridgehead atoms. The molecule has 0 saturated carbocycles. The average Bonchev–Trinajstić information content (AvgIpc) is 3.29. The van der Waals surface area contributed by atoms with Gasteiger partial charge in [0, 0.05) is 18.7 Å². The van der Waals surface area contributed by atoms with Crippen LogP contribution < -0.4 is 10.5 Å². The number of amides is 1. The highest BCUT2D eigenvalue weighted by atomic mass is 16.5. The van der Waals surface area contributed by atoms with E-state index in [4.69, 9.17) is 15.6 Å². The highest BCUT2D eigenvalue weighted by Crippen LogP contribution is 2.34. The zero-order chi connectivity index (χ0) is 25.1. The maximum atomic E-state index is 12.7. The molecule has 0 radical (unpaired) electrons. The highest BCUT2D eigenvalue weighted by Gasteiger charge is 2.28. The molecule has 2 N–H and O–H groups in total. The molecule has 4 aromatic rings. The number of piperidine rings is 1. The fourth-order valence-corrected chi connectivity index (χ4v) is 4.49. The summed E-state index contributed by atoms with van der Waals surface area (Å²) in [6, 6.07) is 17.4. The van der Waals surface area contributed by atoms with Crippen molar-refractivity contribution in [1.29, 1.82) is 0 Å². The van der Waals surface area contributed by atoms with E-state index in [1.165, 1.54) is 6.33 Å². The van der Waals surface area contributed by atoms with E-state index in [-0.39, 0.29) is 11.9 Å². The molecule has 1 amide bonds. The van der Waals surface area contributed by atoms with Crippen LogP contribution in [0.4, 0.5) is 5.82 Å². The summed E-state index contributed by atoms with van der Waals surface area (Å²) in [5.41, 5.74) is 8.60. The van der Waals surface area contributed by atoms with Gasteiger partial charge in [0.15, 0.2) is 5.65 Å². The van der Waals surface area contributed by atoms with Gasteiger partial charge in [-0.1, -0.05) is 38.1 Å². The molecule has 2 aromatic heterocycles. The number of para-hydroxylation sites is 1. The van der Waals surface area contributed by atoms with Crippen LogP contribution in [0.15, 0.2) is 73.1 Å². The number of carbonyl (C=O) groups is 1. The second kappa shape index (κ2) is 10.2. The molecular formula is C28H30N6O2. The van der Waals surface area contributed by atoms with Crippen molar-refractivity contribution in [2.24, 2.45) is 5.92 Å². The topological polar surface area (TPSA) is 99.2 Å². The first-order valence-corrected chi connectivity index (χ1v) is 12.3. The van der Waals surface area contributed by atoms with Crippen LogP contribution in [0.3, 0.4) is 0 Å². The lowest BCUT2D eigenvalue weighted by Gasteiger charge is -2.32. The molecule has 5 rings (SSSR count). The number of aromatic nitrogens is 4. The van der Waals surface area contributed by atoms with Gasteiger partial charge < -0.3 is 15.4 Å². The number of nitrogens with zero attached hydrogens (tertiary/aromatic N) is 5. The molecule has 1 aliphatic rings. The summed E-state index contributed by atoms with van der Waals surface area (Å²) >= 11 is 0. The third-order valence-electron chi connectivity index (χ3n) is 6.30. The highest BCUT2D eigenvalue weighted by molar-refractivity contribution is 5.98. The van der Waals surface area contributed by atoms with Gasteiger partial charge in [0.1, 0.15) is 29.3 Å². The van der Waals surface area contributed by atoms with E-state index in [0.29, 0.717) is 23.9 Å². The second-order valence-electron chi connectivity index (χ2n) is 9.37. The standard InChI is InChI=1S/C28H30N6O2/c1-19(2)10-15-24(35)33-16-6-7-21(17-33)34-28-25(27(29)30-18-31-28)26(32-34)20-11-13-23(14-12-20)36-22-8-4-3-5-9-22/h3-5,8-15,18-19,21H,6-7,16-17H2,1-2H3,(H2,29,30,31)/b15-10+. The second-order valence-corrected chi connectivity index (χ2v) is 9.37. The van der Waals surface area contributed by atoms with Gasteiger partial charge in [-0.3, -0.25) is 4.79 Å². The van der Waals surface area contributed by atoms with Gasteiger partial charge in [0.2, 0.25) is 5.91 Å². The summed E-state index contributed by atoms with van der Waals surface area (Å²) in [4.78, 5) is 23.4. The van der Waals surface area contributed by atoms with Crippen molar-refractivity contribution < 1.29 is 9.53 Å². The predicted octanol–water partition coefficient (Wildman–Crippen LogP) is 5.24. The Morgan fingerprint density at radius 3 is 2.58 bits per heavy atom. The van der Waals surface area contributed by atoms with E-state index >= 15 is 0 Å². The zero-order valence-corrected chi connectivity index (χ0v) is 20.5. The molecule has 1 saturated heterocycles. The van der Waals surface area contributed by atoms with Crippen LogP contribution in [0.2, 0.25) is 0 Å². The Labute approximate surface area is 210 Å². The number of fused-ring (bicyclic) bond motifs is 1. The van der Waals surface area contributed by atoms with Gasteiger partial charge in [0.25, 0.3) is 0 Å². The van der Waals surface area contributed by atoms with Gasteiger partial charge in [-0.25, -0.2) is 14.6 Å². The lowest BCUT2D eigenvalue weighted by molar-refractivity contribution is -0.127. The van der Waals surface area contributed by atoms with Crippen molar-refractivity contribution >= 4 is 22.8 Å². The van der Waals surface area contributed by atoms with Gasteiger partial charge in [-0.15, -0.1) is 0 Å². The Bertz CT molecular complexity index is 1380. The van der Waals surface area contributed by atoms with Crippen molar-refractivity contribution in [3.8, 4) is 22.8 Å². The number of anilines is 1. The summed E-state index contributed by atoms with van der Waals surface area (Å²) in [7, 11) is 0. The first-order valence-electron chi connectivity index (χ1n) is 12.3. The minimum Gasteiger partial charge on any atom is -0.457 e. The van der Waals surface area contributed by atoms with E-state index in [1.807, 2.05) is 70.3 Å². The summed E-state index contributed by atoms with van der Waals surface area (Å²) in [6.07, 6.45) is 6.88. The van der Waals surface area contributed by atoms with Crippen LogP contribution in [0.5, 0.6) is 11.5 Å². The third-order valence-corrected chi connectivity index (χ3v) is 6.30. The number of allylic oxidation sites excluding steroid dienone is 1. The van der Waals surface area contributed by atoms with Crippen LogP contribution in [0, 0.1) is 5.92 Å². The first kappa shape index (κ1) is 23.5. The molecule has 3 heterocycles. The van der Waals surface area contributed by atoms with E-state index in [9.17, 15) is 4.79 Å². The molecule has 1 fully saturated rings. The molecule has 36 heavy (non-hydrogen) atoms. The smallest absolute Gasteiger partial charge is 0.246 e. The predicted molar refractivity (Wildman–Crippen MR) is 141 cm³/mol. The number of nitrogens with two attached hydrogens (primary N) is 1. The lowest BCUT2D eigenvalue weighted by atomic mass is 10.1. The zero-order valence-electron chi connectivity index (χ0n) is 20.5. The summed E-state index contributed by atoms with van der Waals surface area (Å²) in [5, 5.41) is 5.68. The first-order chi connectivity index (χ1) is 17.5. The van der Waals surface area contributed by atoms with E-state index in [1.54, 1.807) is 6.08 Å². The normalized spacial score (nSPS) is 16.2. The molecule has 8 heteroatoms. The van der Waals surface area contributed by atoms with Gasteiger partial charge in [-0.2, -0.15) is 5.10 Å². The van der Waals surface area contributed by atoms with Gasteiger partial charge in [-0.05, 0) is 61.2 Å². The number of hydrogen-bond donors (Lipinski definition) is 1. The van der Waals surface area contributed by atoms with E-state index in [0.717, 1.165) is 47.5 Å². The molecular weight excluding hydrogens is 452 g/mol. The number of likely N-dealkylation sites (tertiary alicyclic amines) is 1. The van der Waals surface area contributed by atoms with Crippen LogP contribution in [0.25, 0.3) is 22.3 Å². The minimum absolute atomic E-state index is 0.00128. The van der Waals surface area contributed by atoms with Crippen LogP contribution in [0.1, 0.15) is 32.7 Å². The molecule has 1 unspecified atom stereocenters. The Morgan fingerprint density at radius 2 is 1.83 bits per heavy atom. The van der Waals surface area contributed by atoms with Crippen LogP contribution in [-0.2, 0) is 4.79 Å². The van der Waals surface area contributed by atoms with Crippen molar-refractivity contribution in [1.82, 2.24) is 24.6 Å². The monoisotopic (exact) mass is 482 g/mol. The molecule has 8 nitrogen and oxygen atoms in total. The number of carbonyl (C=O) groups excluding carboxylic acids is 1. The number of hydrogen-bond acceptors (Lipinski definition) is 6. The number of nitrogen functional groups attached to an aromatic ring is 1. The lowest BCUT2D eigenvalue weighted by Crippen LogP contribution is -2.40. The SMILES string of the molecule is CC(C)/C=C/C(=O)N1CCCC(n2nc(-c3ccc(Oc4ccccc4)cc3)c3c(N)ncnc32)C1. The number of ether oxygens (including phenoxy) is 1. The Kier molecular flexibility index (Phi) is 6.66. The Balaban J connectivity index is 1.45. The molecule has 184 valence electrons. The maximum absolute atomic E-state index is 12.7. The maximum Gasteiger partial charge on any atom is 0.246 e. The van der Waals surface area contributed by atoms with Crippen LogP contribution in [-0.4, -0.2) is 43.6 Å². The summed E-state index contributed by atoms with van der Waals surface area (Å²) in [5.74, 6) is 2.25. The fraction of sp³-hybridized carbons (Fsp3) is 0.286. The minimum atomic E-state index is 0.00128. The molecule has 2 aromatic carbocycles. The Morgan fingerprint density at radius 1 is 1.08 bits per heavy atom. The third kappa shape index (κ3) is 4.93. The summed E-state index contributed by atoms with van der Waals surface area (Å²) < 4.78 is 7.85. The number of benzene rings is 2. The van der Waals surface area contributed by atoms with Crippen LogP contribution >= 0.6 is 0 Å². The van der Waals surface area contributed by atoms with Crippen molar-refractivity contribution in [3.63, 3.8) is 0 Å². The molecule has 0 aliphatic carbocycles. The van der Waals surface area contributed by atoms with Crippen molar-refractivity contribution in [2.75, 3.05) is 18.8 Å². The van der Waals surface area contributed by atoms with Crippen molar-refractivity contribution in [2.45, 2.75) is 32.7 Å². The van der Waals surface area contributed by atoms with E-state index < -0.39 is 0 Å². The quantitative estimate of drug-likeness (QED) is 0.377. The molecule has 1 atom stereocenters. The van der Waals surface area contributed by atoms with Gasteiger partial charge >= 0.3 is 0 Å². The van der Waals surface area contributed by atoms with E-state index in [2.05, 4.69) is 23.8 Å². The van der Waals surface area contributed by atoms with Gasteiger partial charge in [0.05, 0.1) is 11.4 Å². The molecule has 0 spiro atoms. The average molecular weight is 483 g/mol. The Hall–Kier alpha value is -4.20. The number of rotatable bonds is 6. The fourth-order valence-electron chi connectivity index (χ4n) is 4.49. The summed E-state index contributed by atoms with van der Waals surface area (Å²) in [6.45, 7) is 5.43. The molecule has 1 aliphatic heterocycles.